The van der Waals surface area contributed by atoms with Gasteiger partial charge in [-0.25, -0.2) is 4.79 Å². The Balaban J connectivity index is 3.64. The van der Waals surface area contributed by atoms with Crippen molar-refractivity contribution in [3.8, 4) is 6.07 Å². The molecule has 0 saturated carbocycles. The van der Waals surface area contributed by atoms with Gasteiger partial charge in [-0.2, -0.15) is 10.3 Å². The number of isocyanates is 1. The van der Waals surface area contributed by atoms with Gasteiger partial charge in [0.1, 0.15) is 0 Å². The number of aliphatic imine (C=N–C) groups is 1. The van der Waals surface area contributed by atoms with Gasteiger partial charge in [0.15, 0.2) is 6.04 Å². The first-order chi connectivity index (χ1) is 3.31. The van der Waals surface area contributed by atoms with Crippen molar-refractivity contribution >= 4 is 6.08 Å². The highest BCUT2D eigenvalue weighted by Gasteiger charge is 1.90. The molecule has 3 nitrogen and oxygen atoms in total. The largest absolute Gasteiger partial charge is 0.236 e. The quantitative estimate of drug-likeness (QED) is 0.349. The van der Waals surface area contributed by atoms with Crippen molar-refractivity contribution < 1.29 is 4.79 Å². The molecule has 0 aromatic heterocycles. The van der Waals surface area contributed by atoms with Gasteiger partial charge in [-0.3, -0.25) is 0 Å². The van der Waals surface area contributed by atoms with Crippen molar-refractivity contribution in [1.29, 1.82) is 5.26 Å². The van der Waals surface area contributed by atoms with Gasteiger partial charge in [0.2, 0.25) is 6.08 Å². The predicted molar refractivity (Wildman–Crippen MR) is 22.7 cm³/mol. The van der Waals surface area contributed by atoms with E-state index in [1.54, 1.807) is 6.07 Å². The fourth-order valence-electron chi connectivity index (χ4n) is 0.0935. The molecule has 35 valence electrons. The zero-order valence-corrected chi connectivity index (χ0v) is 3.80. The van der Waals surface area contributed by atoms with Gasteiger partial charge in [-0.15, -0.1) is 0 Å². The third-order valence-corrected chi connectivity index (χ3v) is 0.375. The smallest absolute Gasteiger partial charge is 0.211 e. The lowest BCUT2D eigenvalue weighted by atomic mass is 10.4. The fraction of sp³-hybridized carbons (Fsp3) is 0.250. The molecule has 0 atom stereocenters. The van der Waals surface area contributed by atoms with E-state index in [9.17, 15) is 4.79 Å². The standard InChI is InChI=1S/C4H3N2O/c1-4(2-5)6-3-7/h1H3. The van der Waals surface area contributed by atoms with Crippen LogP contribution in [0, 0.1) is 17.4 Å². The normalized spacial score (nSPS) is 7.00. The van der Waals surface area contributed by atoms with Crippen molar-refractivity contribution in [3.63, 3.8) is 0 Å². The summed E-state index contributed by atoms with van der Waals surface area (Å²) < 4.78 is 0. The van der Waals surface area contributed by atoms with E-state index in [0.29, 0.717) is 0 Å². The molecule has 0 heterocycles. The Hall–Kier alpha value is -1.13. The molecule has 0 aromatic rings. The Morgan fingerprint density at radius 1 is 1.86 bits per heavy atom. The van der Waals surface area contributed by atoms with Crippen molar-refractivity contribution in [1.82, 2.24) is 0 Å². The maximum Gasteiger partial charge on any atom is 0.236 e. The predicted octanol–water partition coefficient (Wildman–Crippen LogP) is 0.398. The van der Waals surface area contributed by atoms with Crippen molar-refractivity contribution in [2.75, 3.05) is 0 Å². The van der Waals surface area contributed by atoms with Crippen LogP contribution in [0.5, 0.6) is 0 Å². The van der Waals surface area contributed by atoms with Crippen LogP contribution in [0.1, 0.15) is 6.92 Å². The molecule has 0 N–H and O–H groups in total. The lowest BCUT2D eigenvalue weighted by Gasteiger charge is -1.76. The SMILES string of the molecule is C[C](C#N)N=C=O. The molecule has 0 rings (SSSR count). The van der Waals surface area contributed by atoms with Gasteiger partial charge in [0, 0.05) is 0 Å². The molecule has 0 unspecified atom stereocenters. The van der Waals surface area contributed by atoms with Gasteiger partial charge < -0.3 is 0 Å². The summed E-state index contributed by atoms with van der Waals surface area (Å²) in [6.45, 7) is 1.44. The highest BCUT2D eigenvalue weighted by molar-refractivity contribution is 5.37. The summed E-state index contributed by atoms with van der Waals surface area (Å²) in [7, 11) is 0. The molecule has 0 fully saturated rings. The molecule has 0 aliphatic carbocycles. The van der Waals surface area contributed by atoms with E-state index in [-0.39, 0.29) is 6.04 Å². The van der Waals surface area contributed by atoms with Crippen molar-refractivity contribution in [3.05, 3.63) is 6.04 Å². The molecular formula is C4H3N2O. The monoisotopic (exact) mass is 95.0 g/mol. The van der Waals surface area contributed by atoms with Gasteiger partial charge >= 0.3 is 0 Å². The maximum atomic E-state index is 9.31. The summed E-state index contributed by atoms with van der Waals surface area (Å²) in [6.07, 6.45) is 1.23. The van der Waals surface area contributed by atoms with Crippen molar-refractivity contribution in [2.24, 2.45) is 4.99 Å². The molecular weight excluding hydrogens is 92.1 g/mol. The van der Waals surface area contributed by atoms with Crippen LogP contribution in [0.25, 0.3) is 0 Å². The number of hydrogen-bond donors (Lipinski definition) is 0. The highest BCUT2D eigenvalue weighted by Crippen LogP contribution is 1.91. The van der Waals surface area contributed by atoms with Gasteiger partial charge in [0.25, 0.3) is 0 Å². The van der Waals surface area contributed by atoms with E-state index < -0.39 is 0 Å². The van der Waals surface area contributed by atoms with Crippen LogP contribution in [0.4, 0.5) is 0 Å². The summed E-state index contributed by atoms with van der Waals surface area (Å²) in [6, 6.07) is 1.79. The van der Waals surface area contributed by atoms with Crippen LogP contribution in [-0.2, 0) is 4.79 Å². The Kier molecular flexibility index (Phi) is 2.58. The maximum absolute atomic E-state index is 9.31. The van der Waals surface area contributed by atoms with E-state index in [1.807, 2.05) is 0 Å². The number of carbonyl (C=O) groups excluding carboxylic acids is 1. The second-order valence-electron chi connectivity index (χ2n) is 0.900. The molecule has 0 aliphatic heterocycles. The summed E-state index contributed by atoms with van der Waals surface area (Å²) in [5.74, 6) is 0. The third-order valence-electron chi connectivity index (χ3n) is 0.375. The Morgan fingerprint density at radius 2 is 2.43 bits per heavy atom. The minimum atomic E-state index is 0.134. The number of rotatable bonds is 1. The van der Waals surface area contributed by atoms with Gasteiger partial charge in [0.05, 0.1) is 6.07 Å². The highest BCUT2D eigenvalue weighted by atomic mass is 16.1. The van der Waals surface area contributed by atoms with Crippen LogP contribution in [0.15, 0.2) is 4.99 Å². The summed E-state index contributed by atoms with van der Waals surface area (Å²) in [5.41, 5.74) is 0. The summed E-state index contributed by atoms with van der Waals surface area (Å²) in [4.78, 5) is 12.3. The molecule has 1 radical (unpaired) electrons. The summed E-state index contributed by atoms with van der Waals surface area (Å²) in [5, 5.41) is 7.91. The molecule has 0 aliphatic rings. The fourth-order valence-corrected chi connectivity index (χ4v) is 0.0935. The first-order valence-electron chi connectivity index (χ1n) is 1.62. The van der Waals surface area contributed by atoms with E-state index in [0.717, 1.165) is 0 Å². The Morgan fingerprint density at radius 3 is 2.57 bits per heavy atom. The Labute approximate surface area is 41.3 Å². The topological polar surface area (TPSA) is 53.2 Å². The molecule has 0 spiro atoms. The van der Waals surface area contributed by atoms with Crippen LogP contribution in [0.3, 0.4) is 0 Å². The first-order valence-corrected chi connectivity index (χ1v) is 1.62. The Bertz CT molecular complexity index is 129. The molecule has 0 saturated heterocycles. The van der Waals surface area contributed by atoms with E-state index in [4.69, 9.17) is 5.26 Å². The van der Waals surface area contributed by atoms with Crippen LogP contribution < -0.4 is 0 Å². The van der Waals surface area contributed by atoms with Crippen molar-refractivity contribution in [2.45, 2.75) is 6.92 Å². The zero-order valence-electron chi connectivity index (χ0n) is 3.80. The second-order valence-corrected chi connectivity index (χ2v) is 0.900. The average molecular weight is 95.1 g/mol. The van der Waals surface area contributed by atoms with E-state index >= 15 is 0 Å². The molecule has 7 heavy (non-hydrogen) atoms. The second kappa shape index (κ2) is 3.08. The number of hydrogen-bond acceptors (Lipinski definition) is 3. The lowest BCUT2D eigenvalue weighted by molar-refractivity contribution is 0.564. The molecule has 3 heteroatoms. The minimum Gasteiger partial charge on any atom is -0.211 e. The average Bonchev–Trinajstić information content (AvgIpc) is 1.68. The lowest BCUT2D eigenvalue weighted by Crippen LogP contribution is -1.75. The molecule has 0 aromatic carbocycles. The van der Waals surface area contributed by atoms with Crippen LogP contribution in [-0.4, -0.2) is 6.08 Å². The van der Waals surface area contributed by atoms with E-state index in [2.05, 4.69) is 4.99 Å². The minimum absolute atomic E-state index is 0.134. The van der Waals surface area contributed by atoms with Crippen LogP contribution >= 0.6 is 0 Å². The number of nitriles is 1. The zero-order chi connectivity index (χ0) is 5.70. The van der Waals surface area contributed by atoms with Crippen LogP contribution in [0.2, 0.25) is 0 Å². The third kappa shape index (κ3) is 2.68. The summed E-state index contributed by atoms with van der Waals surface area (Å²) >= 11 is 0. The number of nitrogens with zero attached hydrogens (tertiary/aromatic N) is 2. The first kappa shape index (κ1) is 5.87. The van der Waals surface area contributed by atoms with Gasteiger partial charge in [-0.05, 0) is 6.92 Å². The van der Waals surface area contributed by atoms with E-state index in [1.165, 1.54) is 13.0 Å². The molecule has 0 bridgehead atoms. The van der Waals surface area contributed by atoms with Gasteiger partial charge in [-0.1, -0.05) is 0 Å². The molecule has 0 amide bonds.